The number of nitrogens with zero attached hydrogens (tertiary/aromatic N) is 4. The number of pyridine rings is 1. The standard InChI is InChI=1S/C22H20N4O4S/c1-3-12-30-16-6-4-14(5-7-16)18-17(19(27)15-8-10-23-11-9-15)20(28)21(29)26(18)22-25-24-13(2)31-22/h4-11,18,27H,3,12H2,1-2H3/b19-17+. The van der Waals surface area contributed by atoms with Gasteiger partial charge in [-0.05, 0) is 43.2 Å². The van der Waals surface area contributed by atoms with E-state index in [0.717, 1.165) is 6.42 Å². The Labute approximate surface area is 182 Å². The zero-order valence-corrected chi connectivity index (χ0v) is 17.8. The molecule has 1 unspecified atom stereocenters. The van der Waals surface area contributed by atoms with Crippen LogP contribution in [0.25, 0.3) is 5.76 Å². The monoisotopic (exact) mass is 436 g/mol. The average Bonchev–Trinajstić information content (AvgIpc) is 3.33. The minimum absolute atomic E-state index is 0.00807. The van der Waals surface area contributed by atoms with Crippen molar-refractivity contribution in [1.29, 1.82) is 0 Å². The number of aliphatic hydroxyl groups is 1. The number of hydrogen-bond donors (Lipinski definition) is 1. The summed E-state index contributed by atoms with van der Waals surface area (Å²) in [7, 11) is 0. The van der Waals surface area contributed by atoms with E-state index in [4.69, 9.17) is 4.74 Å². The predicted molar refractivity (Wildman–Crippen MR) is 116 cm³/mol. The Morgan fingerprint density at radius 1 is 1.13 bits per heavy atom. The van der Waals surface area contributed by atoms with E-state index < -0.39 is 17.7 Å². The Morgan fingerprint density at radius 2 is 1.84 bits per heavy atom. The average molecular weight is 436 g/mol. The maximum Gasteiger partial charge on any atom is 0.301 e. The maximum atomic E-state index is 13.0. The zero-order chi connectivity index (χ0) is 22.0. The molecular weight excluding hydrogens is 416 g/mol. The molecule has 1 saturated heterocycles. The SMILES string of the molecule is CCCOc1ccc(C2/C(=C(\O)c3ccncc3)C(=O)C(=O)N2c2nnc(C)s2)cc1. The fourth-order valence-corrected chi connectivity index (χ4v) is 4.07. The lowest BCUT2D eigenvalue weighted by molar-refractivity contribution is -0.132. The molecule has 2 aromatic heterocycles. The number of ether oxygens (including phenoxy) is 1. The summed E-state index contributed by atoms with van der Waals surface area (Å²) in [4.78, 5) is 31.2. The summed E-state index contributed by atoms with van der Waals surface area (Å²) < 4.78 is 5.64. The van der Waals surface area contributed by atoms with Crippen LogP contribution in [0.15, 0.2) is 54.4 Å². The number of aliphatic hydroxyl groups excluding tert-OH is 1. The Balaban J connectivity index is 1.85. The maximum absolute atomic E-state index is 13.0. The van der Waals surface area contributed by atoms with Gasteiger partial charge in [-0.25, -0.2) is 0 Å². The number of rotatable bonds is 6. The second-order valence-corrected chi connectivity index (χ2v) is 8.09. The summed E-state index contributed by atoms with van der Waals surface area (Å²) in [6, 6.07) is 9.43. The Morgan fingerprint density at radius 3 is 2.45 bits per heavy atom. The molecule has 31 heavy (non-hydrogen) atoms. The van der Waals surface area contributed by atoms with Gasteiger partial charge in [0.2, 0.25) is 5.13 Å². The molecule has 9 heteroatoms. The van der Waals surface area contributed by atoms with Crippen molar-refractivity contribution < 1.29 is 19.4 Å². The minimum Gasteiger partial charge on any atom is -0.507 e. The lowest BCUT2D eigenvalue weighted by Gasteiger charge is -2.22. The number of carbonyl (C=O) groups is 2. The fraction of sp³-hybridized carbons (Fsp3) is 0.227. The van der Waals surface area contributed by atoms with E-state index in [1.807, 2.05) is 6.92 Å². The van der Waals surface area contributed by atoms with Crippen LogP contribution in [0, 0.1) is 6.92 Å². The van der Waals surface area contributed by atoms with Crippen molar-refractivity contribution in [2.75, 3.05) is 11.5 Å². The van der Waals surface area contributed by atoms with Gasteiger partial charge >= 0.3 is 5.91 Å². The molecule has 0 aliphatic carbocycles. The van der Waals surface area contributed by atoms with Crippen molar-refractivity contribution >= 4 is 33.9 Å². The van der Waals surface area contributed by atoms with Gasteiger partial charge in [0.05, 0.1) is 18.2 Å². The van der Waals surface area contributed by atoms with Crippen molar-refractivity contribution in [3.8, 4) is 5.75 Å². The predicted octanol–water partition coefficient (Wildman–Crippen LogP) is 3.66. The van der Waals surface area contributed by atoms with Gasteiger partial charge in [-0.2, -0.15) is 0 Å². The number of amides is 1. The van der Waals surface area contributed by atoms with E-state index in [0.29, 0.717) is 33.6 Å². The Hall–Kier alpha value is -3.59. The number of carbonyl (C=O) groups excluding carboxylic acids is 2. The zero-order valence-electron chi connectivity index (χ0n) is 17.0. The molecule has 1 amide bonds. The van der Waals surface area contributed by atoms with E-state index in [2.05, 4.69) is 15.2 Å². The molecule has 1 atom stereocenters. The van der Waals surface area contributed by atoms with Crippen LogP contribution in [-0.4, -0.2) is 38.6 Å². The summed E-state index contributed by atoms with van der Waals surface area (Å²) in [5.74, 6) is -1.12. The molecule has 0 spiro atoms. The number of hydrogen-bond acceptors (Lipinski definition) is 8. The van der Waals surface area contributed by atoms with Gasteiger partial charge in [0.1, 0.15) is 16.5 Å². The molecule has 3 heterocycles. The third-order valence-corrected chi connectivity index (χ3v) is 5.63. The second kappa shape index (κ2) is 8.65. The highest BCUT2D eigenvalue weighted by Gasteiger charge is 2.48. The molecule has 158 valence electrons. The first kappa shape index (κ1) is 20.7. The molecule has 1 aliphatic rings. The third-order valence-electron chi connectivity index (χ3n) is 4.79. The summed E-state index contributed by atoms with van der Waals surface area (Å²) >= 11 is 1.20. The first-order valence-corrected chi connectivity index (χ1v) is 10.6. The molecule has 1 aliphatic heterocycles. The molecule has 1 fully saturated rings. The van der Waals surface area contributed by atoms with E-state index in [9.17, 15) is 14.7 Å². The van der Waals surface area contributed by atoms with Crippen LogP contribution in [0.5, 0.6) is 5.75 Å². The van der Waals surface area contributed by atoms with Crippen LogP contribution < -0.4 is 9.64 Å². The topological polar surface area (TPSA) is 106 Å². The number of Topliss-reactive ketones (excluding diaryl/α,β-unsaturated/α-hetero) is 1. The van der Waals surface area contributed by atoms with Crippen LogP contribution in [-0.2, 0) is 9.59 Å². The number of anilines is 1. The largest absolute Gasteiger partial charge is 0.507 e. The van der Waals surface area contributed by atoms with E-state index >= 15 is 0 Å². The highest BCUT2D eigenvalue weighted by atomic mass is 32.1. The highest BCUT2D eigenvalue weighted by molar-refractivity contribution is 7.15. The summed E-state index contributed by atoms with van der Waals surface area (Å²) in [6.45, 7) is 4.37. The van der Waals surface area contributed by atoms with Crippen LogP contribution >= 0.6 is 11.3 Å². The second-order valence-electron chi connectivity index (χ2n) is 6.93. The normalized spacial score (nSPS) is 17.9. The summed E-state index contributed by atoms with van der Waals surface area (Å²) in [5.41, 5.74) is 1.03. The number of benzene rings is 1. The van der Waals surface area contributed by atoms with E-state index in [1.165, 1.54) is 28.6 Å². The van der Waals surface area contributed by atoms with Gasteiger partial charge in [-0.15, -0.1) is 10.2 Å². The molecule has 0 radical (unpaired) electrons. The molecular formula is C22H20N4O4S. The van der Waals surface area contributed by atoms with Crippen molar-refractivity contribution in [1.82, 2.24) is 15.2 Å². The van der Waals surface area contributed by atoms with Gasteiger partial charge in [-0.1, -0.05) is 30.4 Å². The molecule has 1 aromatic carbocycles. The van der Waals surface area contributed by atoms with Gasteiger partial charge in [-0.3, -0.25) is 19.5 Å². The lowest BCUT2D eigenvalue weighted by atomic mass is 9.95. The quantitative estimate of drug-likeness (QED) is 0.357. The molecule has 8 nitrogen and oxygen atoms in total. The summed E-state index contributed by atoms with van der Waals surface area (Å²) in [5, 5.41) is 20.0. The molecule has 1 N–H and O–H groups in total. The number of aryl methyl sites for hydroxylation is 1. The van der Waals surface area contributed by atoms with Gasteiger partial charge in [0.25, 0.3) is 5.78 Å². The van der Waals surface area contributed by atoms with Crippen LogP contribution in [0.3, 0.4) is 0 Å². The fourth-order valence-electron chi connectivity index (χ4n) is 3.36. The lowest BCUT2D eigenvalue weighted by Crippen LogP contribution is -2.29. The van der Waals surface area contributed by atoms with Gasteiger partial charge in [0.15, 0.2) is 0 Å². The van der Waals surface area contributed by atoms with Crippen LogP contribution in [0.2, 0.25) is 0 Å². The molecule has 3 aromatic rings. The molecule has 0 bridgehead atoms. The Kier molecular flexibility index (Phi) is 5.77. The van der Waals surface area contributed by atoms with E-state index in [-0.39, 0.29) is 11.3 Å². The van der Waals surface area contributed by atoms with Crippen molar-refractivity contribution in [3.05, 3.63) is 70.5 Å². The van der Waals surface area contributed by atoms with Crippen LogP contribution in [0.1, 0.15) is 35.5 Å². The summed E-state index contributed by atoms with van der Waals surface area (Å²) in [6.07, 6.45) is 3.90. The smallest absolute Gasteiger partial charge is 0.301 e. The van der Waals surface area contributed by atoms with Crippen molar-refractivity contribution in [3.63, 3.8) is 0 Å². The molecule has 0 saturated carbocycles. The number of aromatic nitrogens is 3. The first-order chi connectivity index (χ1) is 15.0. The van der Waals surface area contributed by atoms with Crippen molar-refractivity contribution in [2.45, 2.75) is 26.3 Å². The molecule has 4 rings (SSSR count). The number of ketones is 1. The van der Waals surface area contributed by atoms with E-state index in [1.54, 1.807) is 43.3 Å². The highest BCUT2D eigenvalue weighted by Crippen LogP contribution is 2.43. The van der Waals surface area contributed by atoms with Crippen molar-refractivity contribution in [2.24, 2.45) is 0 Å². The van der Waals surface area contributed by atoms with Gasteiger partial charge in [0, 0.05) is 18.0 Å². The van der Waals surface area contributed by atoms with Gasteiger partial charge < -0.3 is 9.84 Å². The Bertz CT molecular complexity index is 1140. The minimum atomic E-state index is -0.847. The van der Waals surface area contributed by atoms with Crippen LogP contribution in [0.4, 0.5) is 5.13 Å². The third kappa shape index (κ3) is 3.91. The first-order valence-electron chi connectivity index (χ1n) is 9.75.